The number of amides is 1. The van der Waals surface area contributed by atoms with E-state index in [0.717, 1.165) is 30.6 Å². The first kappa shape index (κ1) is 15.6. The maximum atomic E-state index is 13.9. The van der Waals surface area contributed by atoms with Crippen molar-refractivity contribution in [3.8, 4) is 0 Å². The van der Waals surface area contributed by atoms with Crippen molar-refractivity contribution in [3.05, 3.63) is 35.3 Å². The van der Waals surface area contributed by atoms with Gasteiger partial charge in [0, 0.05) is 30.6 Å². The van der Waals surface area contributed by atoms with Gasteiger partial charge in [0.25, 0.3) is 5.91 Å². The van der Waals surface area contributed by atoms with Gasteiger partial charge in [-0.3, -0.25) is 9.69 Å². The Morgan fingerprint density at radius 1 is 1.29 bits per heavy atom. The number of benzene rings is 1. The molecular formula is C19H24FN3O. The molecule has 0 bridgehead atoms. The molecule has 0 radical (unpaired) electrons. The van der Waals surface area contributed by atoms with Gasteiger partial charge in [0.05, 0.1) is 5.52 Å². The molecular weight excluding hydrogens is 305 g/mol. The highest BCUT2D eigenvalue weighted by molar-refractivity contribution is 6.01. The van der Waals surface area contributed by atoms with Crippen LogP contribution in [0.3, 0.4) is 0 Å². The lowest BCUT2D eigenvalue weighted by molar-refractivity contribution is 0.00182. The summed E-state index contributed by atoms with van der Waals surface area (Å²) >= 11 is 0. The molecule has 0 unspecified atom stereocenters. The maximum absolute atomic E-state index is 13.9. The molecule has 5 heteroatoms. The minimum atomic E-state index is -0.307. The lowest BCUT2D eigenvalue weighted by Crippen LogP contribution is -2.63. The third kappa shape index (κ3) is 2.42. The second kappa shape index (κ2) is 5.88. The molecule has 2 aliphatic heterocycles. The number of aromatic amines is 1. The zero-order chi connectivity index (χ0) is 16.8. The molecule has 0 aliphatic carbocycles. The summed E-state index contributed by atoms with van der Waals surface area (Å²) in [5.74, 6) is -0.317. The number of carbonyl (C=O) groups excluding carboxylic acids is 1. The summed E-state index contributed by atoms with van der Waals surface area (Å²) in [6.45, 7) is 6.87. The lowest BCUT2D eigenvalue weighted by atomic mass is 9.97. The third-order valence-corrected chi connectivity index (χ3v) is 5.73. The van der Waals surface area contributed by atoms with Gasteiger partial charge in [-0.25, -0.2) is 4.39 Å². The molecule has 0 spiro atoms. The first-order valence-corrected chi connectivity index (χ1v) is 8.88. The van der Waals surface area contributed by atoms with Crippen molar-refractivity contribution in [2.75, 3.05) is 19.6 Å². The molecule has 1 aromatic heterocycles. The average Bonchev–Trinajstić information content (AvgIpc) is 2.86. The quantitative estimate of drug-likeness (QED) is 0.918. The number of halogens is 1. The predicted octanol–water partition coefficient (Wildman–Crippen LogP) is 3.31. The molecule has 0 saturated carbocycles. The second-order valence-electron chi connectivity index (χ2n) is 7.23. The molecule has 2 aliphatic rings. The summed E-state index contributed by atoms with van der Waals surface area (Å²) in [5.41, 5.74) is 1.80. The maximum Gasteiger partial charge on any atom is 0.270 e. The van der Waals surface area contributed by atoms with Crippen LogP contribution in [0, 0.1) is 12.7 Å². The van der Waals surface area contributed by atoms with E-state index in [0.29, 0.717) is 23.3 Å². The normalized spacial score (nSPS) is 22.8. The van der Waals surface area contributed by atoms with E-state index in [1.165, 1.54) is 25.3 Å². The number of aryl methyl sites for hydroxylation is 1. The van der Waals surface area contributed by atoms with Crippen LogP contribution in [0.2, 0.25) is 0 Å². The number of hydrogen-bond donors (Lipinski definition) is 1. The monoisotopic (exact) mass is 329 g/mol. The number of carbonyl (C=O) groups is 1. The van der Waals surface area contributed by atoms with E-state index < -0.39 is 0 Å². The Morgan fingerprint density at radius 2 is 2.08 bits per heavy atom. The first-order chi connectivity index (χ1) is 11.6. The summed E-state index contributed by atoms with van der Waals surface area (Å²) < 4.78 is 13.9. The number of likely N-dealkylation sites (tertiary alicyclic amines) is 2. The fourth-order valence-electron chi connectivity index (χ4n) is 4.18. The number of aromatic nitrogens is 1. The number of piperidine rings is 1. The molecule has 1 atom stereocenters. The molecule has 2 fully saturated rings. The van der Waals surface area contributed by atoms with Crippen LogP contribution in [0.5, 0.6) is 0 Å². The smallest absolute Gasteiger partial charge is 0.270 e. The lowest BCUT2D eigenvalue weighted by Gasteiger charge is -2.49. The van der Waals surface area contributed by atoms with Gasteiger partial charge >= 0.3 is 0 Å². The van der Waals surface area contributed by atoms with E-state index in [9.17, 15) is 9.18 Å². The number of fused-ring (bicyclic) bond motifs is 1. The highest BCUT2D eigenvalue weighted by Crippen LogP contribution is 2.28. The van der Waals surface area contributed by atoms with Crippen molar-refractivity contribution in [2.24, 2.45) is 0 Å². The van der Waals surface area contributed by atoms with Crippen molar-refractivity contribution in [1.82, 2.24) is 14.8 Å². The fraction of sp³-hybridized carbons (Fsp3) is 0.526. The van der Waals surface area contributed by atoms with Crippen LogP contribution in [0.1, 0.15) is 42.2 Å². The van der Waals surface area contributed by atoms with Crippen molar-refractivity contribution in [3.63, 3.8) is 0 Å². The third-order valence-electron chi connectivity index (χ3n) is 5.73. The highest BCUT2D eigenvalue weighted by Gasteiger charge is 2.38. The van der Waals surface area contributed by atoms with E-state index in [2.05, 4.69) is 16.8 Å². The average molecular weight is 329 g/mol. The fourth-order valence-corrected chi connectivity index (χ4v) is 4.18. The Balaban J connectivity index is 1.50. The van der Waals surface area contributed by atoms with Crippen LogP contribution in [-0.4, -0.2) is 52.4 Å². The number of rotatable bonds is 2. The Kier molecular flexibility index (Phi) is 3.83. The van der Waals surface area contributed by atoms with Gasteiger partial charge in [-0.2, -0.15) is 0 Å². The molecule has 2 aromatic rings. The van der Waals surface area contributed by atoms with E-state index >= 15 is 0 Å². The predicted molar refractivity (Wildman–Crippen MR) is 92.7 cm³/mol. The van der Waals surface area contributed by atoms with Crippen molar-refractivity contribution in [1.29, 1.82) is 0 Å². The molecule has 24 heavy (non-hydrogen) atoms. The zero-order valence-electron chi connectivity index (χ0n) is 14.3. The highest BCUT2D eigenvalue weighted by atomic mass is 19.1. The van der Waals surface area contributed by atoms with Crippen LogP contribution in [0.15, 0.2) is 18.2 Å². The van der Waals surface area contributed by atoms with Crippen LogP contribution in [-0.2, 0) is 0 Å². The van der Waals surface area contributed by atoms with Crippen LogP contribution >= 0.6 is 0 Å². The van der Waals surface area contributed by atoms with Gasteiger partial charge in [0.2, 0.25) is 0 Å². The van der Waals surface area contributed by atoms with Crippen LogP contribution in [0.4, 0.5) is 4.39 Å². The summed E-state index contributed by atoms with van der Waals surface area (Å²) in [5, 5.41) is 0.792. The standard InChI is InChI=1S/C19H24FN3O/c1-12-6-3-4-9-23(12)14-10-22(11-14)19(24)17-13(2)15-7-5-8-16(20)18(15)21-17/h5,7-8,12,14,21H,3-4,6,9-11H2,1-2H3/t12-/m0/s1. The molecule has 4 rings (SSSR count). The van der Waals surface area contributed by atoms with Gasteiger partial charge in [0.1, 0.15) is 11.5 Å². The van der Waals surface area contributed by atoms with E-state index in [1.807, 2.05) is 17.9 Å². The van der Waals surface area contributed by atoms with E-state index in [4.69, 9.17) is 0 Å². The molecule has 3 heterocycles. The van der Waals surface area contributed by atoms with Crippen LogP contribution in [0.25, 0.3) is 10.9 Å². The number of nitrogens with one attached hydrogen (secondary N) is 1. The van der Waals surface area contributed by atoms with E-state index in [1.54, 1.807) is 6.07 Å². The molecule has 1 amide bonds. The summed E-state index contributed by atoms with van der Waals surface area (Å²) in [4.78, 5) is 20.2. The summed E-state index contributed by atoms with van der Waals surface area (Å²) in [7, 11) is 0. The van der Waals surface area contributed by atoms with Crippen molar-refractivity contribution < 1.29 is 9.18 Å². The Labute approximate surface area is 141 Å². The van der Waals surface area contributed by atoms with E-state index in [-0.39, 0.29) is 11.7 Å². The second-order valence-corrected chi connectivity index (χ2v) is 7.23. The minimum Gasteiger partial charge on any atom is -0.348 e. The first-order valence-electron chi connectivity index (χ1n) is 8.88. The summed E-state index contributed by atoms with van der Waals surface area (Å²) in [6.07, 6.45) is 3.83. The molecule has 4 nitrogen and oxygen atoms in total. The number of para-hydroxylation sites is 1. The molecule has 1 N–H and O–H groups in total. The largest absolute Gasteiger partial charge is 0.348 e. The topological polar surface area (TPSA) is 39.3 Å². The van der Waals surface area contributed by atoms with Crippen molar-refractivity contribution >= 4 is 16.8 Å². The van der Waals surface area contributed by atoms with Gasteiger partial charge in [0.15, 0.2) is 0 Å². The molecule has 128 valence electrons. The SMILES string of the molecule is Cc1c(C(=O)N2CC(N3CCCC[C@@H]3C)C2)[nH]c2c(F)cccc12. The Bertz CT molecular complexity index is 778. The Hall–Kier alpha value is -1.88. The Morgan fingerprint density at radius 3 is 2.79 bits per heavy atom. The number of H-pyrrole nitrogens is 1. The van der Waals surface area contributed by atoms with Crippen LogP contribution < -0.4 is 0 Å². The number of nitrogens with zero attached hydrogens (tertiary/aromatic N) is 2. The van der Waals surface area contributed by atoms with Crippen molar-refractivity contribution in [2.45, 2.75) is 45.2 Å². The van der Waals surface area contributed by atoms with Gasteiger partial charge in [-0.05, 0) is 44.9 Å². The zero-order valence-corrected chi connectivity index (χ0v) is 14.3. The van der Waals surface area contributed by atoms with Gasteiger partial charge < -0.3 is 9.88 Å². The molecule has 1 aromatic carbocycles. The molecule has 2 saturated heterocycles. The minimum absolute atomic E-state index is 0.0102. The van der Waals surface area contributed by atoms with Gasteiger partial charge in [-0.15, -0.1) is 0 Å². The number of hydrogen-bond acceptors (Lipinski definition) is 2. The summed E-state index contributed by atoms with van der Waals surface area (Å²) in [6, 6.07) is 6.05. The van der Waals surface area contributed by atoms with Gasteiger partial charge in [-0.1, -0.05) is 18.6 Å².